The van der Waals surface area contributed by atoms with Gasteiger partial charge in [0.25, 0.3) is 0 Å². The van der Waals surface area contributed by atoms with E-state index in [1.165, 1.54) is 19.3 Å². The Kier molecular flexibility index (Phi) is 5.14. The van der Waals surface area contributed by atoms with Gasteiger partial charge in [-0.15, -0.1) is 0 Å². The molecule has 1 aliphatic rings. The van der Waals surface area contributed by atoms with Crippen LogP contribution in [0.5, 0.6) is 0 Å². The third-order valence-corrected chi connectivity index (χ3v) is 3.90. The van der Waals surface area contributed by atoms with Gasteiger partial charge in [0.2, 0.25) is 0 Å². The van der Waals surface area contributed by atoms with E-state index in [2.05, 4.69) is 16.9 Å². The molecule has 1 fully saturated rings. The van der Waals surface area contributed by atoms with E-state index in [-0.39, 0.29) is 12.1 Å². The van der Waals surface area contributed by atoms with E-state index in [0.717, 1.165) is 31.5 Å². The average molecular weight is 248 g/mol. The molecule has 0 saturated heterocycles. The van der Waals surface area contributed by atoms with Gasteiger partial charge in [-0.05, 0) is 32.0 Å². The van der Waals surface area contributed by atoms with Crippen molar-refractivity contribution in [2.75, 3.05) is 7.05 Å². The Balaban J connectivity index is 1.95. The lowest BCUT2D eigenvalue weighted by Gasteiger charge is -2.33. The van der Waals surface area contributed by atoms with Crippen LogP contribution in [0, 0.1) is 0 Å². The van der Waals surface area contributed by atoms with Crippen molar-refractivity contribution in [3.05, 3.63) is 30.1 Å². The largest absolute Gasteiger partial charge is 0.391 e. The van der Waals surface area contributed by atoms with Crippen molar-refractivity contribution in [2.45, 2.75) is 57.2 Å². The predicted molar refractivity (Wildman–Crippen MR) is 73.2 cm³/mol. The Bertz CT molecular complexity index is 342. The second kappa shape index (κ2) is 6.86. The molecule has 0 spiro atoms. The molecule has 0 aromatic carbocycles. The minimum Gasteiger partial charge on any atom is -0.391 e. The van der Waals surface area contributed by atoms with Crippen LogP contribution >= 0.6 is 0 Å². The Hall–Kier alpha value is -0.930. The van der Waals surface area contributed by atoms with Crippen molar-refractivity contribution in [1.29, 1.82) is 0 Å². The molecule has 2 atom stereocenters. The molecule has 0 bridgehead atoms. The van der Waals surface area contributed by atoms with Gasteiger partial charge in [-0.25, -0.2) is 0 Å². The molecule has 2 unspecified atom stereocenters. The summed E-state index contributed by atoms with van der Waals surface area (Å²) in [5.41, 5.74) is 1.08. The molecule has 0 aliphatic heterocycles. The lowest BCUT2D eigenvalue weighted by atomic mass is 9.93. The van der Waals surface area contributed by atoms with Crippen LogP contribution in [0.4, 0.5) is 0 Å². The molecule has 100 valence electrons. The summed E-state index contributed by atoms with van der Waals surface area (Å²) in [6.45, 7) is 0.822. The van der Waals surface area contributed by atoms with Crippen LogP contribution in [0.2, 0.25) is 0 Å². The molecule has 3 nitrogen and oxygen atoms in total. The number of pyridine rings is 1. The normalized spacial score (nSPS) is 25.7. The quantitative estimate of drug-likeness (QED) is 0.893. The molecule has 1 saturated carbocycles. The number of hydrogen-bond donors (Lipinski definition) is 1. The molecule has 1 aromatic rings. The molecule has 0 amide bonds. The molecule has 1 heterocycles. The molecule has 1 aliphatic carbocycles. The fraction of sp³-hybridized carbons (Fsp3) is 0.667. The average Bonchev–Trinajstić information content (AvgIpc) is 2.35. The zero-order chi connectivity index (χ0) is 12.8. The van der Waals surface area contributed by atoms with Gasteiger partial charge < -0.3 is 5.11 Å². The third-order valence-electron chi connectivity index (χ3n) is 3.90. The zero-order valence-electron chi connectivity index (χ0n) is 11.3. The number of aliphatic hydroxyl groups excluding tert-OH is 1. The van der Waals surface area contributed by atoms with Crippen molar-refractivity contribution in [2.24, 2.45) is 0 Å². The van der Waals surface area contributed by atoms with Crippen molar-refractivity contribution in [3.63, 3.8) is 0 Å². The fourth-order valence-corrected chi connectivity index (χ4v) is 2.82. The standard InChI is InChI=1S/C15H24N2O/c1-17(12-13-8-6-7-11-16-13)14-9-4-2-3-5-10-15(14)18/h6-8,11,14-15,18H,2-5,9-10,12H2,1H3. The van der Waals surface area contributed by atoms with E-state index in [9.17, 15) is 5.11 Å². The lowest BCUT2D eigenvalue weighted by molar-refractivity contribution is 0.0402. The molecule has 2 rings (SSSR count). The minimum atomic E-state index is -0.181. The molecule has 18 heavy (non-hydrogen) atoms. The van der Waals surface area contributed by atoms with E-state index < -0.39 is 0 Å². The topological polar surface area (TPSA) is 36.4 Å². The van der Waals surface area contributed by atoms with Gasteiger partial charge >= 0.3 is 0 Å². The van der Waals surface area contributed by atoms with Crippen LogP contribution in [0.1, 0.15) is 44.2 Å². The summed E-state index contributed by atoms with van der Waals surface area (Å²) in [4.78, 5) is 6.62. The summed E-state index contributed by atoms with van der Waals surface area (Å²) in [7, 11) is 2.10. The SMILES string of the molecule is CN(Cc1ccccn1)C1CCCCCCC1O. The van der Waals surface area contributed by atoms with Crippen molar-refractivity contribution < 1.29 is 5.11 Å². The summed E-state index contributed by atoms with van der Waals surface area (Å²) in [6.07, 6.45) is 8.66. The molecule has 1 N–H and O–H groups in total. The summed E-state index contributed by atoms with van der Waals surface area (Å²) in [6, 6.07) is 6.29. The number of aliphatic hydroxyl groups is 1. The van der Waals surface area contributed by atoms with Crippen molar-refractivity contribution in [1.82, 2.24) is 9.88 Å². The first-order chi connectivity index (χ1) is 8.77. The molecular formula is C15H24N2O. The Morgan fingerprint density at radius 2 is 2.00 bits per heavy atom. The van der Waals surface area contributed by atoms with Crippen LogP contribution < -0.4 is 0 Å². The summed E-state index contributed by atoms with van der Waals surface area (Å²) >= 11 is 0. The smallest absolute Gasteiger partial charge is 0.0695 e. The van der Waals surface area contributed by atoms with E-state index in [1.54, 1.807) is 0 Å². The van der Waals surface area contributed by atoms with E-state index >= 15 is 0 Å². The van der Waals surface area contributed by atoms with Crippen LogP contribution in [-0.4, -0.2) is 34.2 Å². The Morgan fingerprint density at radius 1 is 1.22 bits per heavy atom. The number of rotatable bonds is 3. The summed E-state index contributed by atoms with van der Waals surface area (Å²) in [5.74, 6) is 0. The van der Waals surface area contributed by atoms with E-state index in [4.69, 9.17) is 0 Å². The monoisotopic (exact) mass is 248 g/mol. The molecular weight excluding hydrogens is 224 g/mol. The second-order valence-electron chi connectivity index (χ2n) is 5.36. The van der Waals surface area contributed by atoms with Crippen LogP contribution in [-0.2, 0) is 6.54 Å². The van der Waals surface area contributed by atoms with Gasteiger partial charge in [-0.1, -0.05) is 31.7 Å². The highest BCUT2D eigenvalue weighted by Crippen LogP contribution is 2.22. The number of hydrogen-bond acceptors (Lipinski definition) is 3. The first-order valence-corrected chi connectivity index (χ1v) is 7.05. The number of nitrogens with zero attached hydrogens (tertiary/aromatic N) is 2. The predicted octanol–water partition coefficient (Wildman–Crippen LogP) is 2.60. The molecule has 1 aromatic heterocycles. The van der Waals surface area contributed by atoms with Crippen LogP contribution in [0.15, 0.2) is 24.4 Å². The number of aromatic nitrogens is 1. The highest BCUT2D eigenvalue weighted by atomic mass is 16.3. The minimum absolute atomic E-state index is 0.181. The highest BCUT2D eigenvalue weighted by molar-refractivity contribution is 5.03. The van der Waals surface area contributed by atoms with Gasteiger partial charge in [-0.3, -0.25) is 9.88 Å². The van der Waals surface area contributed by atoms with E-state index in [1.807, 2.05) is 24.4 Å². The first-order valence-electron chi connectivity index (χ1n) is 7.05. The Morgan fingerprint density at radius 3 is 2.72 bits per heavy atom. The maximum absolute atomic E-state index is 10.3. The second-order valence-corrected chi connectivity index (χ2v) is 5.36. The summed E-state index contributed by atoms with van der Waals surface area (Å²) in [5, 5.41) is 10.3. The summed E-state index contributed by atoms with van der Waals surface area (Å²) < 4.78 is 0. The van der Waals surface area contributed by atoms with Gasteiger partial charge in [0.05, 0.1) is 11.8 Å². The fourth-order valence-electron chi connectivity index (χ4n) is 2.82. The molecule has 0 radical (unpaired) electrons. The van der Waals surface area contributed by atoms with Crippen LogP contribution in [0.25, 0.3) is 0 Å². The maximum atomic E-state index is 10.3. The maximum Gasteiger partial charge on any atom is 0.0695 e. The van der Waals surface area contributed by atoms with E-state index in [0.29, 0.717) is 0 Å². The van der Waals surface area contributed by atoms with Gasteiger partial charge in [0.15, 0.2) is 0 Å². The Labute approximate surface area is 110 Å². The zero-order valence-corrected chi connectivity index (χ0v) is 11.3. The van der Waals surface area contributed by atoms with Gasteiger partial charge in [0, 0.05) is 18.8 Å². The number of likely N-dealkylation sites (N-methyl/N-ethyl adjacent to an activating group) is 1. The lowest BCUT2D eigenvalue weighted by Crippen LogP contribution is -2.41. The van der Waals surface area contributed by atoms with Crippen LogP contribution in [0.3, 0.4) is 0 Å². The van der Waals surface area contributed by atoms with Crippen molar-refractivity contribution in [3.8, 4) is 0 Å². The van der Waals surface area contributed by atoms with Gasteiger partial charge in [0.1, 0.15) is 0 Å². The molecule has 3 heteroatoms. The first kappa shape index (κ1) is 13.5. The highest BCUT2D eigenvalue weighted by Gasteiger charge is 2.24. The van der Waals surface area contributed by atoms with Gasteiger partial charge in [-0.2, -0.15) is 0 Å². The van der Waals surface area contributed by atoms with Crippen molar-refractivity contribution >= 4 is 0 Å². The third kappa shape index (κ3) is 3.79.